The zero-order chi connectivity index (χ0) is 16.2. The van der Waals surface area contributed by atoms with Gasteiger partial charge in [-0.1, -0.05) is 11.6 Å². The van der Waals surface area contributed by atoms with Crippen molar-refractivity contribution in [1.82, 2.24) is 10.0 Å². The van der Waals surface area contributed by atoms with Gasteiger partial charge in [0.1, 0.15) is 10.7 Å². The summed E-state index contributed by atoms with van der Waals surface area (Å²) in [5, 5.41) is 2.56. The van der Waals surface area contributed by atoms with Crippen molar-refractivity contribution in [2.45, 2.75) is 4.90 Å². The Morgan fingerprint density at radius 1 is 1.27 bits per heavy atom. The highest BCUT2D eigenvalue weighted by Crippen LogP contribution is 2.18. The van der Waals surface area contributed by atoms with Crippen LogP contribution in [0.5, 0.6) is 0 Å². The number of hydrogen-bond donors (Lipinski definition) is 2. The SMILES string of the molecule is O=C(NCCNS(=O)(=O)c1ccc(Cl)cc1F)c1ccco1. The number of hydrogen-bond acceptors (Lipinski definition) is 4. The highest BCUT2D eigenvalue weighted by molar-refractivity contribution is 7.89. The van der Waals surface area contributed by atoms with E-state index >= 15 is 0 Å². The van der Waals surface area contributed by atoms with E-state index in [1.54, 1.807) is 6.07 Å². The molecule has 6 nitrogen and oxygen atoms in total. The number of carbonyl (C=O) groups excluding carboxylic acids is 1. The van der Waals surface area contributed by atoms with Gasteiger partial charge in [-0.3, -0.25) is 4.79 Å². The molecule has 1 heterocycles. The molecule has 0 fully saturated rings. The number of carbonyl (C=O) groups is 1. The minimum atomic E-state index is -4.02. The summed E-state index contributed by atoms with van der Waals surface area (Å²) in [7, 11) is -4.02. The summed E-state index contributed by atoms with van der Waals surface area (Å²) in [6, 6.07) is 6.29. The molecule has 9 heteroatoms. The molecular formula is C13H12ClFN2O4S. The van der Waals surface area contributed by atoms with E-state index in [1.807, 2.05) is 0 Å². The van der Waals surface area contributed by atoms with Gasteiger partial charge in [0.05, 0.1) is 6.26 Å². The second-order valence-corrected chi connectivity index (χ2v) is 6.38. The Kier molecular flexibility index (Phi) is 5.17. The fraction of sp³-hybridized carbons (Fsp3) is 0.154. The molecule has 0 unspecified atom stereocenters. The third-order valence-corrected chi connectivity index (χ3v) is 4.36. The molecule has 0 aliphatic rings. The molecule has 2 aromatic rings. The Bertz CT molecular complexity index is 762. The maximum Gasteiger partial charge on any atom is 0.287 e. The molecule has 22 heavy (non-hydrogen) atoms. The maximum atomic E-state index is 13.6. The molecule has 0 radical (unpaired) electrons. The monoisotopic (exact) mass is 346 g/mol. The van der Waals surface area contributed by atoms with Crippen molar-refractivity contribution in [3.8, 4) is 0 Å². The molecule has 1 aromatic carbocycles. The van der Waals surface area contributed by atoms with E-state index in [1.165, 1.54) is 18.4 Å². The molecule has 118 valence electrons. The van der Waals surface area contributed by atoms with E-state index in [0.717, 1.165) is 12.1 Å². The van der Waals surface area contributed by atoms with Crippen molar-refractivity contribution in [3.63, 3.8) is 0 Å². The number of rotatable bonds is 6. The molecule has 1 aromatic heterocycles. The second-order valence-electron chi connectivity index (χ2n) is 4.21. The summed E-state index contributed by atoms with van der Waals surface area (Å²) in [6.45, 7) is -0.0786. The van der Waals surface area contributed by atoms with Gasteiger partial charge in [0.2, 0.25) is 10.0 Å². The quantitative estimate of drug-likeness (QED) is 0.780. The van der Waals surface area contributed by atoms with Gasteiger partial charge in [0.15, 0.2) is 5.76 Å². The first-order chi connectivity index (χ1) is 10.4. The molecule has 0 aliphatic carbocycles. The van der Waals surface area contributed by atoms with Gasteiger partial charge in [-0.25, -0.2) is 17.5 Å². The lowest BCUT2D eigenvalue weighted by Crippen LogP contribution is -2.34. The molecule has 0 saturated carbocycles. The number of amides is 1. The summed E-state index contributed by atoms with van der Waals surface area (Å²) in [5.74, 6) is -1.30. The van der Waals surface area contributed by atoms with Crippen LogP contribution in [0.25, 0.3) is 0 Å². The first kappa shape index (κ1) is 16.5. The number of sulfonamides is 1. The van der Waals surface area contributed by atoms with Crippen molar-refractivity contribution in [3.05, 3.63) is 53.2 Å². The van der Waals surface area contributed by atoms with Crippen molar-refractivity contribution in [2.75, 3.05) is 13.1 Å². The smallest absolute Gasteiger partial charge is 0.287 e. The molecular weight excluding hydrogens is 335 g/mol. The normalized spacial score (nSPS) is 11.4. The van der Waals surface area contributed by atoms with Crippen LogP contribution in [0.2, 0.25) is 5.02 Å². The molecule has 0 atom stereocenters. The van der Waals surface area contributed by atoms with Gasteiger partial charge in [0, 0.05) is 18.1 Å². The van der Waals surface area contributed by atoms with Crippen molar-refractivity contribution < 1.29 is 22.0 Å². The Labute approximate surface area is 131 Å². The first-order valence-electron chi connectivity index (χ1n) is 6.16. The predicted molar refractivity (Wildman–Crippen MR) is 77.6 cm³/mol. The molecule has 0 spiro atoms. The summed E-state index contributed by atoms with van der Waals surface area (Å²) >= 11 is 5.57. The van der Waals surface area contributed by atoms with Gasteiger partial charge < -0.3 is 9.73 Å². The summed E-state index contributed by atoms with van der Waals surface area (Å²) in [5.41, 5.74) is 0. The Morgan fingerprint density at radius 3 is 2.68 bits per heavy atom. The van der Waals surface area contributed by atoms with E-state index < -0.39 is 26.6 Å². The van der Waals surface area contributed by atoms with Crippen molar-refractivity contribution >= 4 is 27.5 Å². The highest BCUT2D eigenvalue weighted by atomic mass is 35.5. The zero-order valence-corrected chi connectivity index (χ0v) is 12.7. The number of nitrogens with one attached hydrogen (secondary N) is 2. The third-order valence-electron chi connectivity index (χ3n) is 2.63. The minimum Gasteiger partial charge on any atom is -0.459 e. The molecule has 2 N–H and O–H groups in total. The second kappa shape index (κ2) is 6.91. The summed E-state index contributed by atoms with van der Waals surface area (Å²) in [6.07, 6.45) is 1.35. The predicted octanol–water partition coefficient (Wildman–Crippen LogP) is 1.78. The van der Waals surface area contributed by atoms with Crippen LogP contribution in [-0.4, -0.2) is 27.4 Å². The molecule has 2 rings (SSSR count). The molecule has 1 amide bonds. The van der Waals surface area contributed by atoms with Crippen LogP contribution in [0, 0.1) is 5.82 Å². The topological polar surface area (TPSA) is 88.4 Å². The zero-order valence-electron chi connectivity index (χ0n) is 11.2. The van der Waals surface area contributed by atoms with E-state index in [4.69, 9.17) is 16.0 Å². The fourth-order valence-corrected chi connectivity index (χ4v) is 2.88. The Morgan fingerprint density at radius 2 is 2.05 bits per heavy atom. The molecule has 0 aliphatic heterocycles. The first-order valence-corrected chi connectivity index (χ1v) is 8.03. The maximum absolute atomic E-state index is 13.6. The van der Waals surface area contributed by atoms with Gasteiger partial charge in [0.25, 0.3) is 5.91 Å². The summed E-state index contributed by atoms with van der Waals surface area (Å²) in [4.78, 5) is 11.0. The van der Waals surface area contributed by atoms with Crippen LogP contribution in [0.4, 0.5) is 4.39 Å². The van der Waals surface area contributed by atoms with Crippen LogP contribution in [0.15, 0.2) is 45.9 Å². The van der Waals surface area contributed by atoms with Gasteiger partial charge in [-0.2, -0.15) is 0 Å². The number of furan rings is 1. The lowest BCUT2D eigenvalue weighted by molar-refractivity contribution is 0.0926. The standard InChI is InChI=1S/C13H12ClFN2O4S/c14-9-3-4-12(10(15)8-9)22(19,20)17-6-5-16-13(18)11-2-1-7-21-11/h1-4,7-8,17H,5-6H2,(H,16,18). The minimum absolute atomic E-state index is 0.0218. The number of halogens is 2. The van der Waals surface area contributed by atoms with E-state index in [2.05, 4.69) is 10.0 Å². The van der Waals surface area contributed by atoms with Gasteiger partial charge in [-0.05, 0) is 30.3 Å². The van der Waals surface area contributed by atoms with Gasteiger partial charge in [-0.15, -0.1) is 0 Å². The van der Waals surface area contributed by atoms with E-state index in [9.17, 15) is 17.6 Å². The van der Waals surface area contributed by atoms with Crippen LogP contribution in [-0.2, 0) is 10.0 Å². The van der Waals surface area contributed by atoms with Gasteiger partial charge >= 0.3 is 0 Å². The number of benzene rings is 1. The average Bonchev–Trinajstić information content (AvgIpc) is 2.97. The van der Waals surface area contributed by atoms with Crippen LogP contribution in [0.3, 0.4) is 0 Å². The van der Waals surface area contributed by atoms with Crippen molar-refractivity contribution in [2.24, 2.45) is 0 Å². The van der Waals surface area contributed by atoms with E-state index in [0.29, 0.717) is 0 Å². The van der Waals surface area contributed by atoms with Crippen LogP contribution >= 0.6 is 11.6 Å². The summed E-state index contributed by atoms with van der Waals surface area (Å²) < 4.78 is 44.5. The largest absolute Gasteiger partial charge is 0.459 e. The highest BCUT2D eigenvalue weighted by Gasteiger charge is 2.18. The average molecular weight is 347 g/mol. The van der Waals surface area contributed by atoms with Crippen molar-refractivity contribution in [1.29, 1.82) is 0 Å². The van der Waals surface area contributed by atoms with E-state index in [-0.39, 0.29) is 23.9 Å². The van der Waals surface area contributed by atoms with Crippen LogP contribution < -0.4 is 10.0 Å². The molecule has 0 saturated heterocycles. The lowest BCUT2D eigenvalue weighted by atomic mass is 10.3. The Hall–Kier alpha value is -1.90. The fourth-order valence-electron chi connectivity index (χ4n) is 1.63. The Balaban J connectivity index is 1.89. The third kappa shape index (κ3) is 4.06. The van der Waals surface area contributed by atoms with Crippen LogP contribution in [0.1, 0.15) is 10.6 Å². The lowest BCUT2D eigenvalue weighted by Gasteiger charge is -2.08. The molecule has 0 bridgehead atoms.